The zero-order chi connectivity index (χ0) is 25.0. The number of hydrogen-bond donors (Lipinski definition) is 1. The number of aromatic nitrogens is 2. The summed E-state index contributed by atoms with van der Waals surface area (Å²) in [6, 6.07) is 20.0. The van der Waals surface area contributed by atoms with Crippen molar-refractivity contribution in [2.45, 2.75) is 31.4 Å². The van der Waals surface area contributed by atoms with Gasteiger partial charge < -0.3 is 19.0 Å². The smallest absolute Gasteiger partial charge is 0.220 e. The Morgan fingerprint density at radius 1 is 0.914 bits per heavy atom. The summed E-state index contributed by atoms with van der Waals surface area (Å²) in [7, 11) is -0.780. The van der Waals surface area contributed by atoms with Crippen molar-refractivity contribution < 1.29 is 23.0 Å². The quantitative estimate of drug-likeness (QED) is 0.360. The number of pyridine rings is 1. The van der Waals surface area contributed by atoms with E-state index in [-0.39, 0.29) is 13.1 Å². The largest absolute Gasteiger partial charge is 0.497 e. The lowest BCUT2D eigenvalue weighted by Crippen LogP contribution is -2.39. The summed E-state index contributed by atoms with van der Waals surface area (Å²) in [5, 5.41) is 9.91. The normalized spacial score (nSPS) is 13.6. The number of benzene rings is 2. The van der Waals surface area contributed by atoms with Gasteiger partial charge in [0.25, 0.3) is 0 Å². The number of aliphatic hydroxyl groups is 1. The molecular weight excluding hydrogens is 466 g/mol. The lowest BCUT2D eigenvalue weighted by atomic mass is 10.2. The van der Waals surface area contributed by atoms with Gasteiger partial charge in [-0.3, -0.25) is 0 Å². The van der Waals surface area contributed by atoms with E-state index in [0.29, 0.717) is 22.8 Å². The van der Waals surface area contributed by atoms with Crippen LogP contribution in [0, 0.1) is 0 Å². The van der Waals surface area contributed by atoms with Crippen LogP contribution in [-0.4, -0.2) is 46.7 Å². The van der Waals surface area contributed by atoms with Crippen LogP contribution in [0.3, 0.4) is 0 Å². The summed E-state index contributed by atoms with van der Waals surface area (Å²) in [6.07, 6.45) is 2.16. The molecule has 184 valence electrons. The molecule has 0 aliphatic carbocycles. The Morgan fingerprint density at radius 3 is 1.94 bits per heavy atom. The van der Waals surface area contributed by atoms with Gasteiger partial charge >= 0.3 is 0 Å². The van der Waals surface area contributed by atoms with Crippen LogP contribution >= 0.6 is 0 Å². The van der Waals surface area contributed by atoms with Crippen molar-refractivity contribution in [1.29, 1.82) is 0 Å². The maximum atomic E-state index is 13.8. The van der Waals surface area contributed by atoms with Crippen LogP contribution in [0.25, 0.3) is 5.65 Å². The predicted molar refractivity (Wildman–Crippen MR) is 134 cm³/mol. The number of nitrogens with zero attached hydrogens (tertiary/aromatic N) is 3. The Kier molecular flexibility index (Phi) is 7.39. The van der Waals surface area contributed by atoms with Crippen LogP contribution < -0.4 is 9.47 Å². The minimum atomic E-state index is -3.94. The Bertz CT molecular complexity index is 1290. The number of methoxy groups -OCH3 is 2. The molecule has 4 aromatic rings. The lowest BCUT2D eigenvalue weighted by Gasteiger charge is -2.28. The highest BCUT2D eigenvalue weighted by Crippen LogP contribution is 2.27. The molecule has 2 heterocycles. The van der Waals surface area contributed by atoms with Gasteiger partial charge in [-0.05, 0) is 54.4 Å². The molecule has 0 bridgehead atoms. The van der Waals surface area contributed by atoms with Crippen LogP contribution in [-0.2, 0) is 23.1 Å². The van der Waals surface area contributed by atoms with E-state index in [9.17, 15) is 13.5 Å². The first-order chi connectivity index (χ1) is 16.8. The first-order valence-electron chi connectivity index (χ1n) is 11.2. The molecular formula is C26H29N3O5S. The van der Waals surface area contributed by atoms with Gasteiger partial charge in [-0.25, -0.2) is 13.4 Å². The molecule has 0 fully saturated rings. The van der Waals surface area contributed by atoms with E-state index in [1.54, 1.807) is 61.3 Å². The van der Waals surface area contributed by atoms with Crippen molar-refractivity contribution in [3.63, 3.8) is 0 Å². The molecule has 0 spiro atoms. The highest BCUT2D eigenvalue weighted by atomic mass is 32.2. The van der Waals surface area contributed by atoms with E-state index >= 15 is 0 Å². The van der Waals surface area contributed by atoms with E-state index in [2.05, 4.69) is 4.98 Å². The van der Waals surface area contributed by atoms with Crippen LogP contribution in [0.2, 0.25) is 0 Å². The SMILES string of the molecule is COc1ccc(CN(Cc2ccc(OC)cc2)S(=O)(=O)[C@@H](C)[C@@H](O)c2cn3ccccc3n2)cc1. The molecule has 0 aliphatic rings. The Morgan fingerprint density at radius 2 is 1.46 bits per heavy atom. The second-order valence-corrected chi connectivity index (χ2v) is 10.6. The second kappa shape index (κ2) is 10.5. The third kappa shape index (κ3) is 5.48. The van der Waals surface area contributed by atoms with Gasteiger partial charge in [0.05, 0.1) is 19.9 Å². The summed E-state index contributed by atoms with van der Waals surface area (Å²) in [6.45, 7) is 1.79. The zero-order valence-corrected chi connectivity index (χ0v) is 20.7. The molecule has 2 aromatic heterocycles. The van der Waals surface area contributed by atoms with Gasteiger partial charge in [0.2, 0.25) is 10.0 Å². The first-order valence-corrected chi connectivity index (χ1v) is 12.7. The fourth-order valence-corrected chi connectivity index (χ4v) is 5.43. The highest BCUT2D eigenvalue weighted by molar-refractivity contribution is 7.89. The second-order valence-electron chi connectivity index (χ2n) is 8.29. The fraction of sp³-hybridized carbons (Fsp3) is 0.269. The van der Waals surface area contributed by atoms with E-state index in [4.69, 9.17) is 9.47 Å². The molecule has 35 heavy (non-hydrogen) atoms. The third-order valence-electron chi connectivity index (χ3n) is 6.00. The minimum Gasteiger partial charge on any atom is -0.497 e. The van der Waals surface area contributed by atoms with Crippen molar-refractivity contribution in [2.24, 2.45) is 0 Å². The molecule has 8 nitrogen and oxygen atoms in total. The molecule has 0 unspecified atom stereocenters. The Balaban J connectivity index is 1.64. The van der Waals surface area contributed by atoms with E-state index < -0.39 is 21.4 Å². The van der Waals surface area contributed by atoms with Gasteiger partial charge in [0.15, 0.2) is 0 Å². The molecule has 2 atom stereocenters. The average molecular weight is 496 g/mol. The number of ether oxygens (including phenoxy) is 2. The van der Waals surface area contributed by atoms with Crippen LogP contribution in [0.15, 0.2) is 79.1 Å². The van der Waals surface area contributed by atoms with E-state index in [1.165, 1.54) is 11.2 Å². The summed E-state index contributed by atoms with van der Waals surface area (Å²) in [5.74, 6) is 1.38. The topological polar surface area (TPSA) is 93.4 Å². The molecule has 0 saturated heterocycles. The van der Waals surface area contributed by atoms with Crippen molar-refractivity contribution in [2.75, 3.05) is 14.2 Å². The number of sulfonamides is 1. The third-order valence-corrected chi connectivity index (χ3v) is 8.17. The minimum absolute atomic E-state index is 0.139. The molecule has 2 aromatic carbocycles. The average Bonchev–Trinajstić information content (AvgIpc) is 3.32. The number of rotatable bonds is 10. The van der Waals surface area contributed by atoms with Crippen molar-refractivity contribution in [3.8, 4) is 11.5 Å². The van der Waals surface area contributed by atoms with Crippen LogP contribution in [0.4, 0.5) is 0 Å². The number of hydrogen-bond acceptors (Lipinski definition) is 6. The van der Waals surface area contributed by atoms with Crippen LogP contribution in [0.5, 0.6) is 11.5 Å². The van der Waals surface area contributed by atoms with Crippen molar-refractivity contribution >= 4 is 15.7 Å². The van der Waals surface area contributed by atoms with Gasteiger partial charge in [-0.15, -0.1) is 0 Å². The Hall–Kier alpha value is -3.40. The number of aliphatic hydroxyl groups excluding tert-OH is 1. The highest BCUT2D eigenvalue weighted by Gasteiger charge is 2.36. The molecule has 0 radical (unpaired) electrons. The van der Waals surface area contributed by atoms with Crippen molar-refractivity contribution in [1.82, 2.24) is 13.7 Å². The molecule has 0 aliphatic heterocycles. The zero-order valence-electron chi connectivity index (χ0n) is 19.9. The molecule has 4 rings (SSSR count). The van der Waals surface area contributed by atoms with E-state index in [1.807, 2.05) is 36.4 Å². The molecule has 0 saturated carbocycles. The maximum Gasteiger partial charge on any atom is 0.220 e. The Labute approximate surface area is 205 Å². The molecule has 9 heteroatoms. The maximum absolute atomic E-state index is 13.8. The standard InChI is InChI=1S/C26H29N3O5S/c1-19(26(30)24-18-28-15-5-4-6-25(28)27-24)35(31,32)29(16-20-7-11-22(33-2)12-8-20)17-21-9-13-23(34-3)14-10-21/h4-15,18-19,26,30H,16-17H2,1-3H3/t19-,26+/m0/s1. The molecule has 1 N–H and O–H groups in total. The summed E-state index contributed by atoms with van der Waals surface area (Å²) in [5.41, 5.74) is 2.55. The van der Waals surface area contributed by atoms with Gasteiger partial charge in [-0.2, -0.15) is 4.31 Å². The summed E-state index contributed by atoms with van der Waals surface area (Å²) in [4.78, 5) is 4.41. The number of fused-ring (bicyclic) bond motifs is 1. The predicted octanol–water partition coefficient (Wildman–Crippen LogP) is 3.81. The van der Waals surface area contributed by atoms with Gasteiger partial charge in [0, 0.05) is 25.5 Å². The van der Waals surface area contributed by atoms with Gasteiger partial charge in [-0.1, -0.05) is 30.3 Å². The summed E-state index contributed by atoms with van der Waals surface area (Å²) >= 11 is 0. The lowest BCUT2D eigenvalue weighted by molar-refractivity contribution is 0.168. The van der Waals surface area contributed by atoms with Crippen molar-refractivity contribution in [3.05, 3.63) is 95.9 Å². The van der Waals surface area contributed by atoms with Crippen LogP contribution in [0.1, 0.15) is 29.8 Å². The monoisotopic (exact) mass is 495 g/mol. The first kappa shape index (κ1) is 24.7. The number of imidazole rings is 1. The fourth-order valence-electron chi connectivity index (χ4n) is 3.84. The van der Waals surface area contributed by atoms with E-state index in [0.717, 1.165) is 11.1 Å². The molecule has 0 amide bonds. The summed E-state index contributed by atoms with van der Waals surface area (Å²) < 4.78 is 41.2. The van der Waals surface area contributed by atoms with Gasteiger partial charge in [0.1, 0.15) is 28.5 Å².